The van der Waals surface area contributed by atoms with E-state index in [1.54, 1.807) is 37.4 Å². The van der Waals surface area contributed by atoms with Crippen molar-refractivity contribution in [3.63, 3.8) is 0 Å². The van der Waals surface area contributed by atoms with Gasteiger partial charge in [-0.25, -0.2) is 0 Å². The van der Waals surface area contributed by atoms with Crippen molar-refractivity contribution in [3.8, 4) is 17.1 Å². The van der Waals surface area contributed by atoms with Crippen molar-refractivity contribution >= 4 is 11.6 Å². The second-order valence-corrected chi connectivity index (χ2v) is 4.47. The fourth-order valence-electron chi connectivity index (χ4n) is 1.91. The zero-order valence-corrected chi connectivity index (χ0v) is 11.8. The number of carbonyl (C=O) groups is 1. The van der Waals surface area contributed by atoms with Gasteiger partial charge in [0.15, 0.2) is 5.76 Å². The van der Waals surface area contributed by atoms with Crippen LogP contribution in [-0.2, 0) is 0 Å². The molecule has 110 valence electrons. The molecule has 2 aromatic heterocycles. The molecule has 0 aliphatic carbocycles. The van der Waals surface area contributed by atoms with Crippen LogP contribution in [0.4, 0.5) is 5.69 Å². The van der Waals surface area contributed by atoms with Crippen LogP contribution in [0.5, 0.6) is 5.88 Å². The molecule has 0 radical (unpaired) electrons. The number of benzene rings is 1. The Bertz CT molecular complexity index is 750. The highest BCUT2D eigenvalue weighted by atomic mass is 16.5. The van der Waals surface area contributed by atoms with Gasteiger partial charge in [0.25, 0.3) is 5.91 Å². The van der Waals surface area contributed by atoms with E-state index in [4.69, 9.17) is 9.15 Å². The lowest BCUT2D eigenvalue weighted by Gasteiger charge is -2.05. The van der Waals surface area contributed by atoms with Gasteiger partial charge in [-0.1, -0.05) is 12.1 Å². The first-order valence-corrected chi connectivity index (χ1v) is 6.59. The number of amides is 1. The Balaban J connectivity index is 1.73. The highest BCUT2D eigenvalue weighted by Crippen LogP contribution is 2.20. The summed E-state index contributed by atoms with van der Waals surface area (Å²) in [6.45, 7) is 0. The van der Waals surface area contributed by atoms with E-state index in [1.165, 1.54) is 6.26 Å². The van der Waals surface area contributed by atoms with Crippen LogP contribution in [-0.4, -0.2) is 23.2 Å². The first-order valence-electron chi connectivity index (χ1n) is 6.59. The molecule has 0 spiro atoms. The second kappa shape index (κ2) is 6.09. The third-order valence-electron chi connectivity index (χ3n) is 3.03. The summed E-state index contributed by atoms with van der Waals surface area (Å²) < 4.78 is 10.0. The summed E-state index contributed by atoms with van der Waals surface area (Å²) in [6.07, 6.45) is 1.46. The van der Waals surface area contributed by atoms with Crippen molar-refractivity contribution in [3.05, 3.63) is 60.6 Å². The molecule has 0 aliphatic rings. The predicted molar refractivity (Wildman–Crippen MR) is 80.7 cm³/mol. The first-order chi connectivity index (χ1) is 10.8. The molecular formula is C16H13N3O3. The number of furan rings is 1. The Morgan fingerprint density at radius 2 is 1.91 bits per heavy atom. The van der Waals surface area contributed by atoms with Crippen LogP contribution in [0.1, 0.15) is 10.6 Å². The molecule has 0 aliphatic heterocycles. The molecule has 0 bridgehead atoms. The molecule has 1 amide bonds. The molecule has 0 fully saturated rings. The van der Waals surface area contributed by atoms with Crippen molar-refractivity contribution in [1.29, 1.82) is 0 Å². The molecule has 2 heterocycles. The largest absolute Gasteiger partial charge is 0.480 e. The third-order valence-corrected chi connectivity index (χ3v) is 3.03. The lowest BCUT2D eigenvalue weighted by Crippen LogP contribution is -2.10. The SMILES string of the molecule is COc1ccc(-c2ccc(NC(=O)c3ccco3)cc2)nn1. The van der Waals surface area contributed by atoms with Gasteiger partial charge in [-0.3, -0.25) is 4.79 Å². The van der Waals surface area contributed by atoms with Crippen molar-refractivity contribution in [2.24, 2.45) is 0 Å². The lowest BCUT2D eigenvalue weighted by atomic mass is 10.1. The smallest absolute Gasteiger partial charge is 0.291 e. The lowest BCUT2D eigenvalue weighted by molar-refractivity contribution is 0.0996. The number of methoxy groups -OCH3 is 1. The number of hydrogen-bond donors (Lipinski definition) is 1. The number of carbonyl (C=O) groups excluding carboxylic acids is 1. The number of ether oxygens (including phenoxy) is 1. The summed E-state index contributed by atoms with van der Waals surface area (Å²) >= 11 is 0. The summed E-state index contributed by atoms with van der Waals surface area (Å²) in [7, 11) is 1.54. The highest BCUT2D eigenvalue weighted by molar-refractivity contribution is 6.02. The summed E-state index contributed by atoms with van der Waals surface area (Å²) in [5.74, 6) is 0.443. The van der Waals surface area contributed by atoms with E-state index in [0.717, 1.165) is 11.3 Å². The van der Waals surface area contributed by atoms with Gasteiger partial charge in [0.05, 0.1) is 19.1 Å². The molecule has 0 unspecified atom stereocenters. The minimum atomic E-state index is -0.290. The maximum absolute atomic E-state index is 11.9. The minimum Gasteiger partial charge on any atom is -0.480 e. The van der Waals surface area contributed by atoms with Crippen LogP contribution in [0, 0.1) is 0 Å². The zero-order chi connectivity index (χ0) is 15.4. The van der Waals surface area contributed by atoms with E-state index in [0.29, 0.717) is 11.6 Å². The van der Waals surface area contributed by atoms with Gasteiger partial charge < -0.3 is 14.5 Å². The molecule has 0 saturated carbocycles. The summed E-state index contributed by atoms with van der Waals surface area (Å²) in [4.78, 5) is 11.9. The average Bonchev–Trinajstić information content (AvgIpc) is 3.10. The molecule has 1 N–H and O–H groups in total. The normalized spacial score (nSPS) is 10.2. The molecule has 3 rings (SSSR count). The van der Waals surface area contributed by atoms with E-state index in [9.17, 15) is 4.79 Å². The maximum Gasteiger partial charge on any atom is 0.291 e. The molecule has 1 aromatic carbocycles. The monoisotopic (exact) mass is 295 g/mol. The van der Waals surface area contributed by atoms with E-state index >= 15 is 0 Å². The van der Waals surface area contributed by atoms with Crippen LogP contribution < -0.4 is 10.1 Å². The number of hydrogen-bond acceptors (Lipinski definition) is 5. The predicted octanol–water partition coefficient (Wildman–Crippen LogP) is 3.00. The molecule has 3 aromatic rings. The van der Waals surface area contributed by atoms with Crippen LogP contribution in [0.15, 0.2) is 59.2 Å². The number of nitrogens with one attached hydrogen (secondary N) is 1. The van der Waals surface area contributed by atoms with Crippen molar-refractivity contribution in [2.75, 3.05) is 12.4 Å². The van der Waals surface area contributed by atoms with Crippen molar-refractivity contribution in [2.45, 2.75) is 0 Å². The van der Waals surface area contributed by atoms with Gasteiger partial charge >= 0.3 is 0 Å². The Labute approximate surface area is 126 Å². The highest BCUT2D eigenvalue weighted by Gasteiger charge is 2.08. The number of rotatable bonds is 4. The quantitative estimate of drug-likeness (QED) is 0.800. The molecule has 0 saturated heterocycles. The Morgan fingerprint density at radius 1 is 1.09 bits per heavy atom. The van der Waals surface area contributed by atoms with Gasteiger partial charge in [-0.15, -0.1) is 10.2 Å². The molecule has 6 heteroatoms. The van der Waals surface area contributed by atoms with Crippen molar-refractivity contribution in [1.82, 2.24) is 10.2 Å². The van der Waals surface area contributed by atoms with Crippen LogP contribution in [0.2, 0.25) is 0 Å². The summed E-state index contributed by atoms with van der Waals surface area (Å²) in [5, 5.41) is 10.7. The molecule has 22 heavy (non-hydrogen) atoms. The topological polar surface area (TPSA) is 77.2 Å². The van der Waals surface area contributed by atoms with Gasteiger partial charge in [0.1, 0.15) is 0 Å². The van der Waals surface area contributed by atoms with Gasteiger partial charge in [-0.2, -0.15) is 0 Å². The van der Waals surface area contributed by atoms with Crippen LogP contribution in [0.25, 0.3) is 11.3 Å². The van der Waals surface area contributed by atoms with E-state index in [2.05, 4.69) is 15.5 Å². The van der Waals surface area contributed by atoms with Crippen LogP contribution in [0.3, 0.4) is 0 Å². The number of aromatic nitrogens is 2. The summed E-state index contributed by atoms with van der Waals surface area (Å²) in [5.41, 5.74) is 2.29. The fourth-order valence-corrected chi connectivity index (χ4v) is 1.91. The maximum atomic E-state index is 11.9. The molecule has 0 atom stereocenters. The van der Waals surface area contributed by atoms with Gasteiger partial charge in [-0.05, 0) is 30.3 Å². The van der Waals surface area contributed by atoms with E-state index < -0.39 is 0 Å². The zero-order valence-electron chi connectivity index (χ0n) is 11.8. The van der Waals surface area contributed by atoms with E-state index in [-0.39, 0.29) is 11.7 Å². The second-order valence-electron chi connectivity index (χ2n) is 4.47. The van der Waals surface area contributed by atoms with Crippen LogP contribution >= 0.6 is 0 Å². The molecule has 6 nitrogen and oxygen atoms in total. The van der Waals surface area contributed by atoms with Gasteiger partial charge in [0.2, 0.25) is 5.88 Å². The first kappa shape index (κ1) is 13.8. The van der Waals surface area contributed by atoms with Crippen molar-refractivity contribution < 1.29 is 13.9 Å². The Kier molecular flexibility index (Phi) is 3.82. The number of anilines is 1. The summed E-state index contributed by atoms with van der Waals surface area (Å²) in [6, 6.07) is 14.1. The third kappa shape index (κ3) is 2.95. The fraction of sp³-hybridized carbons (Fsp3) is 0.0625. The average molecular weight is 295 g/mol. The van der Waals surface area contributed by atoms with Gasteiger partial charge in [0, 0.05) is 17.3 Å². The molecular weight excluding hydrogens is 282 g/mol. The minimum absolute atomic E-state index is 0.269. The standard InChI is InChI=1S/C16H13N3O3/c1-21-15-9-8-13(18-19-15)11-4-6-12(7-5-11)17-16(20)14-3-2-10-22-14/h2-10H,1H3,(H,17,20). The Hall–Kier alpha value is -3.15. The Morgan fingerprint density at radius 3 is 2.50 bits per heavy atom. The van der Waals surface area contributed by atoms with E-state index in [1.807, 2.05) is 18.2 Å². The number of nitrogens with zero attached hydrogens (tertiary/aromatic N) is 2.